The van der Waals surface area contributed by atoms with Crippen molar-refractivity contribution in [3.63, 3.8) is 0 Å². The molecule has 0 spiro atoms. The first-order valence-electron chi connectivity index (χ1n) is 14.0. The SMILES string of the molecule is [Li+].[O-]c1ccc(-c2ccc3ccc4c(-c5ccc(-c6nc7ccccc7o6)cc5)ccc5ccc2c3c54)c2ccc[nH+]c12. The van der Waals surface area contributed by atoms with Crippen molar-refractivity contribution in [1.29, 1.82) is 0 Å². The minimum Gasteiger partial charge on any atom is -0.868 e. The van der Waals surface area contributed by atoms with Gasteiger partial charge >= 0.3 is 18.9 Å². The molecule has 9 aromatic rings. The van der Waals surface area contributed by atoms with E-state index in [9.17, 15) is 5.11 Å². The minimum atomic E-state index is -0.00109. The number of oxazole rings is 1. The molecule has 43 heavy (non-hydrogen) atoms. The summed E-state index contributed by atoms with van der Waals surface area (Å²) in [6, 6.07) is 41.6. The molecule has 9 rings (SSSR count). The van der Waals surface area contributed by atoms with Gasteiger partial charge in [0.25, 0.3) is 0 Å². The van der Waals surface area contributed by atoms with E-state index < -0.39 is 0 Å². The number of aromatic nitrogens is 2. The van der Waals surface area contributed by atoms with E-state index >= 15 is 0 Å². The number of aromatic amines is 1. The number of hydrogen-bond donors (Lipinski definition) is 0. The number of rotatable bonds is 3. The van der Waals surface area contributed by atoms with Crippen LogP contribution in [0.4, 0.5) is 0 Å². The van der Waals surface area contributed by atoms with Crippen LogP contribution in [0.5, 0.6) is 5.75 Å². The molecule has 0 unspecified atom stereocenters. The average Bonchev–Trinajstić information content (AvgIpc) is 3.49. The Hall–Kier alpha value is -5.14. The normalized spacial score (nSPS) is 11.6. The summed E-state index contributed by atoms with van der Waals surface area (Å²) in [5.74, 6) is 0.625. The van der Waals surface area contributed by atoms with Crippen LogP contribution in [-0.4, -0.2) is 4.98 Å². The fourth-order valence-electron chi connectivity index (χ4n) is 6.51. The molecule has 5 heteroatoms. The zero-order chi connectivity index (χ0) is 27.8. The second kappa shape index (κ2) is 9.71. The van der Waals surface area contributed by atoms with E-state index in [1.165, 1.54) is 37.9 Å². The van der Waals surface area contributed by atoms with Crippen LogP contribution in [0.15, 0.2) is 132 Å². The summed E-state index contributed by atoms with van der Waals surface area (Å²) in [7, 11) is 0. The van der Waals surface area contributed by atoms with Gasteiger partial charge in [0, 0.05) is 11.6 Å². The van der Waals surface area contributed by atoms with E-state index in [0.29, 0.717) is 11.4 Å². The number of nitrogens with zero attached hydrogens (tertiary/aromatic N) is 1. The molecule has 0 aliphatic carbocycles. The van der Waals surface area contributed by atoms with Gasteiger partial charge in [0.2, 0.25) is 11.4 Å². The molecular weight excluding hydrogens is 523 g/mol. The van der Waals surface area contributed by atoms with Gasteiger partial charge in [-0.3, -0.25) is 0 Å². The van der Waals surface area contributed by atoms with Gasteiger partial charge < -0.3 is 9.52 Å². The van der Waals surface area contributed by atoms with Crippen molar-refractivity contribution in [3.05, 3.63) is 128 Å². The van der Waals surface area contributed by atoms with Crippen LogP contribution in [0, 0.1) is 0 Å². The Kier molecular flexibility index (Phi) is 5.77. The topological polar surface area (TPSA) is 63.2 Å². The molecule has 0 amide bonds. The molecule has 0 aliphatic heterocycles. The van der Waals surface area contributed by atoms with Crippen LogP contribution in [0.1, 0.15) is 0 Å². The number of pyridine rings is 1. The third-order valence-electron chi connectivity index (χ3n) is 8.49. The van der Waals surface area contributed by atoms with E-state index in [2.05, 4.69) is 82.8 Å². The molecule has 0 saturated carbocycles. The first kappa shape index (κ1) is 25.6. The molecule has 0 fully saturated rings. The number of benzene rings is 7. The summed E-state index contributed by atoms with van der Waals surface area (Å²) in [4.78, 5) is 7.81. The molecule has 0 aliphatic rings. The summed E-state index contributed by atoms with van der Waals surface area (Å²) in [6.07, 6.45) is 1.80. The van der Waals surface area contributed by atoms with Gasteiger partial charge in [-0.05, 0) is 90.7 Å². The predicted octanol–water partition coefficient (Wildman–Crippen LogP) is 5.77. The Morgan fingerprint density at radius 1 is 0.558 bits per heavy atom. The predicted molar refractivity (Wildman–Crippen MR) is 168 cm³/mol. The number of H-pyrrole nitrogens is 1. The van der Waals surface area contributed by atoms with Gasteiger partial charge in [-0.25, -0.2) is 9.97 Å². The van der Waals surface area contributed by atoms with Gasteiger partial charge in [0.05, 0.1) is 5.39 Å². The van der Waals surface area contributed by atoms with Crippen LogP contribution >= 0.6 is 0 Å². The molecule has 0 radical (unpaired) electrons. The van der Waals surface area contributed by atoms with Crippen molar-refractivity contribution in [2.45, 2.75) is 0 Å². The molecular formula is C38H22LiN2O2+. The maximum Gasteiger partial charge on any atom is 1.00 e. The van der Waals surface area contributed by atoms with Gasteiger partial charge in [-0.2, -0.15) is 0 Å². The van der Waals surface area contributed by atoms with Crippen molar-refractivity contribution < 1.29 is 33.4 Å². The summed E-state index contributed by atoms with van der Waals surface area (Å²) in [5, 5.41) is 20.8. The van der Waals surface area contributed by atoms with Crippen molar-refractivity contribution in [2.24, 2.45) is 0 Å². The van der Waals surface area contributed by atoms with Crippen molar-refractivity contribution in [1.82, 2.24) is 4.98 Å². The second-order valence-corrected chi connectivity index (χ2v) is 10.8. The monoisotopic (exact) mass is 545 g/mol. The molecule has 7 aromatic carbocycles. The molecule has 1 N–H and O–H groups in total. The molecule has 2 heterocycles. The molecule has 4 nitrogen and oxygen atoms in total. The minimum absolute atomic E-state index is 0. The molecule has 0 saturated heterocycles. The summed E-state index contributed by atoms with van der Waals surface area (Å²) in [6.45, 7) is 0. The van der Waals surface area contributed by atoms with Crippen LogP contribution < -0.4 is 29.0 Å². The van der Waals surface area contributed by atoms with E-state index in [1.807, 2.05) is 42.5 Å². The smallest absolute Gasteiger partial charge is 0.868 e. The van der Waals surface area contributed by atoms with Gasteiger partial charge in [-0.1, -0.05) is 84.9 Å². The third-order valence-corrected chi connectivity index (χ3v) is 8.49. The van der Waals surface area contributed by atoms with Crippen LogP contribution in [0.3, 0.4) is 0 Å². The standard InChI is InChI=1S/C38H22N2O2.Li/c41-33-20-19-28(31-4-3-21-39-37(31)33)27-16-12-24-13-17-29-26(15-11-23-14-18-30(27)36(24)35(23)29)22-7-9-25(10-8-22)38-40-32-5-1-2-6-34(32)42-38;/h1-21,41H;/q;+1. The zero-order valence-electron chi connectivity index (χ0n) is 23.4. The fourth-order valence-corrected chi connectivity index (χ4v) is 6.51. The van der Waals surface area contributed by atoms with E-state index in [1.54, 1.807) is 12.3 Å². The first-order valence-corrected chi connectivity index (χ1v) is 14.0. The van der Waals surface area contributed by atoms with Gasteiger partial charge in [-0.15, -0.1) is 0 Å². The van der Waals surface area contributed by atoms with E-state index in [0.717, 1.165) is 38.7 Å². The quantitative estimate of drug-likeness (QED) is 0.209. The average molecular weight is 546 g/mol. The first-order chi connectivity index (χ1) is 20.7. The summed E-state index contributed by atoms with van der Waals surface area (Å²) < 4.78 is 6.00. The number of nitrogens with one attached hydrogen (secondary N) is 1. The van der Waals surface area contributed by atoms with Crippen molar-refractivity contribution >= 4 is 54.3 Å². The molecule has 0 bridgehead atoms. The summed E-state index contributed by atoms with van der Waals surface area (Å²) in [5.41, 5.74) is 7.72. The largest absolute Gasteiger partial charge is 1.00 e. The Morgan fingerprint density at radius 3 is 1.95 bits per heavy atom. The van der Waals surface area contributed by atoms with Crippen molar-refractivity contribution in [2.75, 3.05) is 0 Å². The number of fused-ring (bicyclic) bond motifs is 2. The number of hydrogen-bond acceptors (Lipinski definition) is 3. The molecule has 196 valence electrons. The summed E-state index contributed by atoms with van der Waals surface area (Å²) >= 11 is 0. The van der Waals surface area contributed by atoms with Crippen LogP contribution in [-0.2, 0) is 0 Å². The Balaban J connectivity index is 0.00000278. The third kappa shape index (κ3) is 3.85. The second-order valence-electron chi connectivity index (χ2n) is 10.8. The van der Waals surface area contributed by atoms with Gasteiger partial charge in [0.1, 0.15) is 5.52 Å². The van der Waals surface area contributed by atoms with Crippen molar-refractivity contribution in [3.8, 4) is 39.5 Å². The van der Waals surface area contributed by atoms with E-state index in [-0.39, 0.29) is 24.6 Å². The Morgan fingerprint density at radius 2 is 1.19 bits per heavy atom. The van der Waals surface area contributed by atoms with Gasteiger partial charge in [0.15, 0.2) is 11.8 Å². The maximum absolute atomic E-state index is 12.6. The Bertz CT molecular complexity index is 2450. The Labute approximate surface area is 258 Å². The maximum atomic E-state index is 12.6. The number of para-hydroxylation sites is 2. The molecule has 2 aromatic heterocycles. The molecule has 0 atom stereocenters. The zero-order valence-corrected chi connectivity index (χ0v) is 23.4. The fraction of sp³-hybridized carbons (Fsp3) is 0. The van der Waals surface area contributed by atoms with E-state index in [4.69, 9.17) is 4.42 Å². The van der Waals surface area contributed by atoms with Crippen LogP contribution in [0.2, 0.25) is 0 Å². The van der Waals surface area contributed by atoms with Crippen LogP contribution in [0.25, 0.3) is 88.0 Å².